The van der Waals surface area contributed by atoms with Gasteiger partial charge in [-0.05, 0) is 20.3 Å². The summed E-state index contributed by atoms with van der Waals surface area (Å²) in [6.45, 7) is 7.04. The first-order valence-corrected chi connectivity index (χ1v) is 8.21. The Morgan fingerprint density at radius 3 is 2.71 bits per heavy atom. The topological polar surface area (TPSA) is 76.4 Å². The number of aryl methyl sites for hydroxylation is 3. The third-order valence-electron chi connectivity index (χ3n) is 4.37. The molecule has 8 heteroatoms. The summed E-state index contributed by atoms with van der Waals surface area (Å²) in [5.41, 5.74) is 1.78. The number of fused-ring (bicyclic) bond motifs is 1. The summed E-state index contributed by atoms with van der Waals surface area (Å²) in [4.78, 5) is 25.4. The van der Waals surface area contributed by atoms with Gasteiger partial charge in [0.05, 0.1) is 11.1 Å². The highest BCUT2D eigenvalue weighted by Gasteiger charge is 2.23. The van der Waals surface area contributed by atoms with E-state index in [1.807, 2.05) is 25.8 Å². The second kappa shape index (κ2) is 6.72. The maximum atomic E-state index is 12.1. The lowest BCUT2D eigenvalue weighted by Crippen LogP contribution is -2.37. The van der Waals surface area contributed by atoms with E-state index >= 15 is 0 Å². The van der Waals surface area contributed by atoms with Crippen LogP contribution in [0, 0.1) is 13.8 Å². The van der Waals surface area contributed by atoms with Crippen molar-refractivity contribution in [3.63, 3.8) is 0 Å². The van der Waals surface area contributed by atoms with Crippen molar-refractivity contribution in [3.05, 3.63) is 11.5 Å². The van der Waals surface area contributed by atoms with Gasteiger partial charge in [-0.15, -0.1) is 0 Å². The highest BCUT2D eigenvalue weighted by molar-refractivity contribution is 5.90. The van der Waals surface area contributed by atoms with E-state index < -0.39 is 0 Å². The number of rotatable bonds is 3. The molecule has 8 nitrogen and oxygen atoms in total. The lowest BCUT2D eigenvalue weighted by molar-refractivity contribution is -0.134. The molecule has 0 saturated carbocycles. The summed E-state index contributed by atoms with van der Waals surface area (Å²) in [5.74, 6) is 1.70. The first kappa shape index (κ1) is 16.6. The van der Waals surface area contributed by atoms with Crippen molar-refractivity contribution >= 4 is 22.8 Å². The molecule has 2 aromatic heterocycles. The predicted molar refractivity (Wildman–Crippen MR) is 91.1 cm³/mol. The SMILES string of the molecule is COCC(=O)N1CCCN(c2nc(C)nc3c2c(C)nn3C)CC1. The molecule has 3 heterocycles. The minimum absolute atomic E-state index is 0.0425. The van der Waals surface area contributed by atoms with Crippen LogP contribution < -0.4 is 4.90 Å². The van der Waals surface area contributed by atoms with Crippen LogP contribution in [0.2, 0.25) is 0 Å². The van der Waals surface area contributed by atoms with Gasteiger partial charge >= 0.3 is 0 Å². The minimum Gasteiger partial charge on any atom is -0.375 e. The fourth-order valence-corrected chi connectivity index (χ4v) is 3.25. The summed E-state index contributed by atoms with van der Waals surface area (Å²) < 4.78 is 6.77. The summed E-state index contributed by atoms with van der Waals surface area (Å²) in [5, 5.41) is 5.48. The molecule has 3 rings (SSSR count). The molecule has 0 bridgehead atoms. The van der Waals surface area contributed by atoms with Crippen molar-refractivity contribution in [1.29, 1.82) is 0 Å². The first-order valence-electron chi connectivity index (χ1n) is 8.21. The highest BCUT2D eigenvalue weighted by Crippen LogP contribution is 2.27. The second-order valence-corrected chi connectivity index (χ2v) is 6.16. The summed E-state index contributed by atoms with van der Waals surface area (Å²) in [6.07, 6.45) is 0.902. The van der Waals surface area contributed by atoms with Crippen LogP contribution in [-0.2, 0) is 16.6 Å². The van der Waals surface area contributed by atoms with Crippen molar-refractivity contribution in [3.8, 4) is 0 Å². The Bertz CT molecular complexity index is 757. The summed E-state index contributed by atoms with van der Waals surface area (Å²) >= 11 is 0. The van der Waals surface area contributed by atoms with Gasteiger partial charge in [-0.1, -0.05) is 0 Å². The molecule has 1 amide bonds. The van der Waals surface area contributed by atoms with Crippen LogP contribution in [0.25, 0.3) is 11.0 Å². The van der Waals surface area contributed by atoms with Gasteiger partial charge in [0.1, 0.15) is 18.2 Å². The molecule has 0 N–H and O–H groups in total. The van der Waals surface area contributed by atoms with Gasteiger partial charge in [0.25, 0.3) is 0 Å². The zero-order valence-electron chi connectivity index (χ0n) is 14.7. The highest BCUT2D eigenvalue weighted by atomic mass is 16.5. The number of methoxy groups -OCH3 is 1. The lowest BCUT2D eigenvalue weighted by Gasteiger charge is -2.23. The van der Waals surface area contributed by atoms with Crippen molar-refractivity contribution < 1.29 is 9.53 Å². The number of carbonyl (C=O) groups excluding carboxylic acids is 1. The van der Waals surface area contributed by atoms with Crippen LogP contribution in [0.5, 0.6) is 0 Å². The van der Waals surface area contributed by atoms with Crippen LogP contribution >= 0.6 is 0 Å². The van der Waals surface area contributed by atoms with Crippen molar-refractivity contribution in [1.82, 2.24) is 24.6 Å². The van der Waals surface area contributed by atoms with E-state index in [1.54, 1.807) is 11.8 Å². The monoisotopic (exact) mass is 332 g/mol. The zero-order valence-corrected chi connectivity index (χ0v) is 14.7. The third kappa shape index (κ3) is 3.06. The zero-order chi connectivity index (χ0) is 17.3. The molecular formula is C16H24N6O2. The van der Waals surface area contributed by atoms with Gasteiger partial charge in [0.2, 0.25) is 5.91 Å². The number of aromatic nitrogens is 4. The van der Waals surface area contributed by atoms with Crippen molar-refractivity contribution in [2.75, 3.05) is 44.8 Å². The normalized spacial score (nSPS) is 15.8. The van der Waals surface area contributed by atoms with E-state index in [1.165, 1.54) is 0 Å². The summed E-state index contributed by atoms with van der Waals surface area (Å²) in [7, 11) is 3.45. The standard InChI is InChI=1S/C16H24N6O2/c1-11-14-15(20(3)19-11)17-12(2)18-16(14)22-7-5-6-21(8-9-22)13(23)10-24-4/h5-10H2,1-4H3. The van der Waals surface area contributed by atoms with Gasteiger partial charge in [0, 0.05) is 40.3 Å². The van der Waals surface area contributed by atoms with Gasteiger partial charge in [0.15, 0.2) is 5.65 Å². The first-order chi connectivity index (χ1) is 11.5. The Morgan fingerprint density at radius 1 is 1.17 bits per heavy atom. The number of hydrogen-bond acceptors (Lipinski definition) is 6. The fourth-order valence-electron chi connectivity index (χ4n) is 3.25. The number of ether oxygens (including phenoxy) is 1. The van der Waals surface area contributed by atoms with Gasteiger partial charge < -0.3 is 14.5 Å². The van der Waals surface area contributed by atoms with Gasteiger partial charge in [-0.25, -0.2) is 9.97 Å². The molecule has 1 saturated heterocycles. The van der Waals surface area contributed by atoms with Gasteiger partial charge in [-0.2, -0.15) is 5.10 Å². The maximum absolute atomic E-state index is 12.1. The van der Waals surface area contributed by atoms with Crippen LogP contribution in [0.15, 0.2) is 0 Å². The van der Waals surface area contributed by atoms with Crippen LogP contribution in [0.4, 0.5) is 5.82 Å². The minimum atomic E-state index is 0.0425. The molecule has 0 aromatic carbocycles. The summed E-state index contributed by atoms with van der Waals surface area (Å²) in [6, 6.07) is 0. The molecule has 1 fully saturated rings. The smallest absolute Gasteiger partial charge is 0.248 e. The molecule has 130 valence electrons. The van der Waals surface area contributed by atoms with Crippen LogP contribution in [0.1, 0.15) is 17.9 Å². The van der Waals surface area contributed by atoms with Crippen LogP contribution in [-0.4, -0.2) is 70.5 Å². The average Bonchev–Trinajstić information content (AvgIpc) is 2.73. The molecule has 0 aliphatic carbocycles. The number of amides is 1. The fraction of sp³-hybridized carbons (Fsp3) is 0.625. The average molecular weight is 332 g/mol. The lowest BCUT2D eigenvalue weighted by atomic mass is 10.2. The van der Waals surface area contributed by atoms with Crippen molar-refractivity contribution in [2.24, 2.45) is 7.05 Å². The van der Waals surface area contributed by atoms with Crippen LogP contribution in [0.3, 0.4) is 0 Å². The van der Waals surface area contributed by atoms with Gasteiger partial charge in [-0.3, -0.25) is 9.48 Å². The Labute approximate surface area is 141 Å². The van der Waals surface area contributed by atoms with E-state index in [0.717, 1.165) is 54.4 Å². The molecule has 1 aliphatic heterocycles. The van der Waals surface area contributed by atoms with E-state index in [2.05, 4.69) is 20.0 Å². The van der Waals surface area contributed by atoms with E-state index in [9.17, 15) is 4.79 Å². The third-order valence-corrected chi connectivity index (χ3v) is 4.37. The van der Waals surface area contributed by atoms with E-state index in [0.29, 0.717) is 6.54 Å². The number of hydrogen-bond donors (Lipinski definition) is 0. The molecule has 0 radical (unpaired) electrons. The molecule has 0 unspecified atom stereocenters. The molecular weight excluding hydrogens is 308 g/mol. The largest absolute Gasteiger partial charge is 0.375 e. The Hall–Kier alpha value is -2.22. The maximum Gasteiger partial charge on any atom is 0.248 e. The second-order valence-electron chi connectivity index (χ2n) is 6.16. The molecule has 24 heavy (non-hydrogen) atoms. The Kier molecular flexibility index (Phi) is 4.66. The number of anilines is 1. The molecule has 0 atom stereocenters. The molecule has 2 aromatic rings. The Balaban J connectivity index is 1.90. The van der Waals surface area contributed by atoms with E-state index in [-0.39, 0.29) is 12.5 Å². The number of nitrogens with zero attached hydrogens (tertiary/aromatic N) is 6. The Morgan fingerprint density at radius 2 is 1.96 bits per heavy atom. The number of carbonyl (C=O) groups is 1. The van der Waals surface area contributed by atoms with Crippen molar-refractivity contribution in [2.45, 2.75) is 20.3 Å². The predicted octanol–water partition coefficient (Wildman–Crippen LogP) is 0.665. The molecule has 0 spiro atoms. The quantitative estimate of drug-likeness (QED) is 0.822. The van der Waals surface area contributed by atoms with E-state index in [4.69, 9.17) is 4.74 Å². The molecule has 1 aliphatic rings.